The molecular weight excluding hydrogens is 262 g/mol. The van der Waals surface area contributed by atoms with Crippen LogP contribution in [0.2, 0.25) is 0 Å². The zero-order valence-corrected chi connectivity index (χ0v) is 14.0. The molecule has 0 bridgehead atoms. The van der Waals surface area contributed by atoms with Gasteiger partial charge in [-0.1, -0.05) is 19.9 Å². The highest BCUT2D eigenvalue weighted by molar-refractivity contribution is 5.16. The Bertz CT molecular complexity index is 459. The zero-order chi connectivity index (χ0) is 15.5. The lowest BCUT2D eigenvalue weighted by molar-refractivity contribution is 0.0523. The fourth-order valence-corrected chi connectivity index (χ4v) is 2.94. The van der Waals surface area contributed by atoms with E-state index in [1.54, 1.807) is 7.11 Å². The molecule has 2 heterocycles. The minimum Gasteiger partial charge on any atom is -0.481 e. The summed E-state index contributed by atoms with van der Waals surface area (Å²) in [6, 6.07) is 6.57. The second-order valence-electron chi connectivity index (χ2n) is 7.07. The molecule has 1 atom stereocenters. The number of rotatable bonds is 5. The predicted octanol–water partition coefficient (Wildman–Crippen LogP) is 2.69. The van der Waals surface area contributed by atoms with E-state index in [-0.39, 0.29) is 5.54 Å². The molecular formula is C17H29N3O. The predicted molar refractivity (Wildman–Crippen MR) is 86.5 cm³/mol. The van der Waals surface area contributed by atoms with Crippen LogP contribution >= 0.6 is 0 Å². The van der Waals surface area contributed by atoms with Crippen LogP contribution in [-0.4, -0.2) is 41.7 Å². The van der Waals surface area contributed by atoms with Gasteiger partial charge in [0.2, 0.25) is 5.88 Å². The maximum Gasteiger partial charge on any atom is 0.213 e. The fourth-order valence-electron chi connectivity index (χ4n) is 2.94. The van der Waals surface area contributed by atoms with Crippen LogP contribution in [-0.2, 0) is 6.54 Å². The summed E-state index contributed by atoms with van der Waals surface area (Å²) in [5.41, 5.74) is 1.23. The largest absolute Gasteiger partial charge is 0.481 e. The van der Waals surface area contributed by atoms with Gasteiger partial charge < -0.3 is 10.1 Å². The van der Waals surface area contributed by atoms with Crippen molar-refractivity contribution in [2.75, 3.05) is 20.2 Å². The third kappa shape index (κ3) is 4.42. The average Bonchev–Trinajstić information content (AvgIpc) is 2.42. The number of aromatic nitrogens is 1. The average molecular weight is 291 g/mol. The summed E-state index contributed by atoms with van der Waals surface area (Å²) < 4.78 is 5.23. The van der Waals surface area contributed by atoms with Crippen molar-refractivity contribution in [3.63, 3.8) is 0 Å². The van der Waals surface area contributed by atoms with E-state index in [2.05, 4.69) is 49.0 Å². The van der Waals surface area contributed by atoms with Gasteiger partial charge in [-0.05, 0) is 32.3 Å². The Labute approximate surface area is 128 Å². The fraction of sp³-hybridized carbons (Fsp3) is 0.706. The van der Waals surface area contributed by atoms with Crippen LogP contribution in [0.4, 0.5) is 0 Å². The molecule has 0 saturated carbocycles. The molecule has 0 aliphatic carbocycles. The van der Waals surface area contributed by atoms with Crippen LogP contribution in [0.1, 0.15) is 39.8 Å². The van der Waals surface area contributed by atoms with E-state index in [1.807, 2.05) is 12.1 Å². The quantitative estimate of drug-likeness (QED) is 0.905. The van der Waals surface area contributed by atoms with Crippen molar-refractivity contribution in [3.05, 3.63) is 23.9 Å². The minimum absolute atomic E-state index is 0.151. The molecule has 4 nitrogen and oxygen atoms in total. The molecule has 1 N–H and O–H groups in total. The van der Waals surface area contributed by atoms with Gasteiger partial charge >= 0.3 is 0 Å². The Morgan fingerprint density at radius 1 is 1.43 bits per heavy atom. The third-order valence-corrected chi connectivity index (χ3v) is 4.22. The van der Waals surface area contributed by atoms with E-state index in [0.717, 1.165) is 31.2 Å². The van der Waals surface area contributed by atoms with Crippen molar-refractivity contribution in [3.8, 4) is 5.88 Å². The molecule has 1 saturated heterocycles. The van der Waals surface area contributed by atoms with Crippen LogP contribution in [0.5, 0.6) is 5.88 Å². The summed E-state index contributed by atoms with van der Waals surface area (Å²) in [6.45, 7) is 12.1. The van der Waals surface area contributed by atoms with Crippen molar-refractivity contribution in [2.24, 2.45) is 5.92 Å². The second kappa shape index (κ2) is 6.75. The normalized spacial score (nSPS) is 22.5. The molecule has 1 aliphatic heterocycles. The number of piperazine rings is 1. The van der Waals surface area contributed by atoms with Gasteiger partial charge in [-0.25, -0.2) is 4.98 Å². The second-order valence-corrected chi connectivity index (χ2v) is 7.07. The first-order valence-corrected chi connectivity index (χ1v) is 7.89. The van der Waals surface area contributed by atoms with Gasteiger partial charge in [-0.15, -0.1) is 0 Å². The Morgan fingerprint density at radius 3 is 2.86 bits per heavy atom. The molecule has 1 aromatic heterocycles. The topological polar surface area (TPSA) is 37.4 Å². The number of nitrogens with one attached hydrogen (secondary N) is 1. The summed E-state index contributed by atoms with van der Waals surface area (Å²) >= 11 is 0. The van der Waals surface area contributed by atoms with Crippen LogP contribution in [0.25, 0.3) is 0 Å². The van der Waals surface area contributed by atoms with E-state index >= 15 is 0 Å². The van der Waals surface area contributed by atoms with Crippen molar-refractivity contribution < 1.29 is 4.74 Å². The van der Waals surface area contributed by atoms with Gasteiger partial charge in [0.05, 0.1) is 12.8 Å². The smallest absolute Gasteiger partial charge is 0.213 e. The number of methoxy groups -OCH3 is 1. The third-order valence-electron chi connectivity index (χ3n) is 4.22. The highest BCUT2D eigenvalue weighted by Gasteiger charge is 2.34. The van der Waals surface area contributed by atoms with Gasteiger partial charge in [0.15, 0.2) is 0 Å². The molecule has 0 aromatic carbocycles. The van der Waals surface area contributed by atoms with Gasteiger partial charge in [-0.3, -0.25) is 4.90 Å². The lowest BCUT2D eigenvalue weighted by Gasteiger charge is -2.46. The van der Waals surface area contributed by atoms with Crippen LogP contribution in [0, 0.1) is 5.92 Å². The standard InChI is InChI=1S/C17H29N3O/c1-13(2)9-15-11-20(17(3,4)12-18-15)10-14-7-6-8-16(19-14)21-5/h6-8,13,15,18H,9-12H2,1-5H3. The first kappa shape index (κ1) is 16.2. The number of hydrogen-bond donors (Lipinski definition) is 1. The number of nitrogens with zero attached hydrogens (tertiary/aromatic N) is 2. The Balaban J connectivity index is 2.07. The van der Waals surface area contributed by atoms with E-state index in [1.165, 1.54) is 6.42 Å². The van der Waals surface area contributed by atoms with Crippen LogP contribution in [0.15, 0.2) is 18.2 Å². The molecule has 1 fully saturated rings. The van der Waals surface area contributed by atoms with E-state index in [4.69, 9.17) is 4.74 Å². The molecule has 1 unspecified atom stereocenters. The molecule has 0 radical (unpaired) electrons. The van der Waals surface area contributed by atoms with Gasteiger partial charge in [0.1, 0.15) is 0 Å². The summed E-state index contributed by atoms with van der Waals surface area (Å²) in [6.07, 6.45) is 1.22. The highest BCUT2D eigenvalue weighted by Crippen LogP contribution is 2.23. The van der Waals surface area contributed by atoms with Gasteiger partial charge in [-0.2, -0.15) is 0 Å². The van der Waals surface area contributed by atoms with Gasteiger partial charge in [0, 0.05) is 37.3 Å². The molecule has 2 rings (SSSR count). The number of ether oxygens (including phenoxy) is 1. The molecule has 1 aromatic rings. The van der Waals surface area contributed by atoms with Crippen molar-refractivity contribution in [1.29, 1.82) is 0 Å². The summed E-state index contributed by atoms with van der Waals surface area (Å²) in [4.78, 5) is 7.09. The maximum atomic E-state index is 5.23. The Kier molecular flexibility index (Phi) is 5.22. The van der Waals surface area contributed by atoms with Gasteiger partial charge in [0.25, 0.3) is 0 Å². The Morgan fingerprint density at radius 2 is 2.19 bits per heavy atom. The number of pyridine rings is 1. The van der Waals surface area contributed by atoms with Crippen molar-refractivity contribution >= 4 is 0 Å². The van der Waals surface area contributed by atoms with E-state index in [9.17, 15) is 0 Å². The first-order chi connectivity index (χ1) is 9.90. The van der Waals surface area contributed by atoms with Crippen molar-refractivity contribution in [1.82, 2.24) is 15.2 Å². The highest BCUT2D eigenvalue weighted by atomic mass is 16.5. The first-order valence-electron chi connectivity index (χ1n) is 7.89. The molecule has 0 amide bonds. The minimum atomic E-state index is 0.151. The molecule has 118 valence electrons. The molecule has 21 heavy (non-hydrogen) atoms. The Hall–Kier alpha value is -1.13. The van der Waals surface area contributed by atoms with Crippen LogP contribution < -0.4 is 10.1 Å². The monoisotopic (exact) mass is 291 g/mol. The molecule has 0 spiro atoms. The maximum absolute atomic E-state index is 5.23. The molecule has 4 heteroatoms. The lowest BCUT2D eigenvalue weighted by atomic mass is 9.93. The summed E-state index contributed by atoms with van der Waals surface area (Å²) in [5, 5.41) is 3.69. The summed E-state index contributed by atoms with van der Waals surface area (Å²) in [7, 11) is 1.67. The lowest BCUT2D eigenvalue weighted by Crippen LogP contribution is -2.61. The number of hydrogen-bond acceptors (Lipinski definition) is 4. The zero-order valence-electron chi connectivity index (χ0n) is 14.0. The van der Waals surface area contributed by atoms with Crippen LogP contribution in [0.3, 0.4) is 0 Å². The molecule has 1 aliphatic rings. The van der Waals surface area contributed by atoms with E-state index in [0.29, 0.717) is 11.9 Å². The van der Waals surface area contributed by atoms with E-state index < -0.39 is 0 Å². The van der Waals surface area contributed by atoms with Crippen molar-refractivity contribution in [2.45, 2.75) is 52.2 Å². The SMILES string of the molecule is COc1cccc(CN2CC(CC(C)C)NCC2(C)C)n1. The summed E-state index contributed by atoms with van der Waals surface area (Å²) in [5.74, 6) is 1.42.